The molecule has 1 unspecified atom stereocenters. The maximum Gasteiger partial charge on any atom is 0.254 e. The van der Waals surface area contributed by atoms with Crippen LogP contribution in [0.2, 0.25) is 0 Å². The molecule has 0 aliphatic carbocycles. The van der Waals surface area contributed by atoms with Crippen molar-refractivity contribution in [2.45, 2.75) is 52.5 Å². The number of benzene rings is 1. The van der Waals surface area contributed by atoms with Gasteiger partial charge in [-0.1, -0.05) is 31.5 Å². The molecular weight excluding hydrogens is 260 g/mol. The molecule has 1 fully saturated rings. The number of amides is 1. The molecule has 2 rings (SSSR count). The van der Waals surface area contributed by atoms with Crippen molar-refractivity contribution in [3.05, 3.63) is 34.9 Å². The van der Waals surface area contributed by atoms with Gasteiger partial charge in [0.05, 0.1) is 0 Å². The van der Waals surface area contributed by atoms with E-state index in [0.717, 1.165) is 42.7 Å². The van der Waals surface area contributed by atoms with Gasteiger partial charge in [-0.3, -0.25) is 4.79 Å². The van der Waals surface area contributed by atoms with Gasteiger partial charge in [0.2, 0.25) is 0 Å². The van der Waals surface area contributed by atoms with Crippen molar-refractivity contribution in [1.82, 2.24) is 10.2 Å². The average molecular weight is 288 g/mol. The molecule has 1 aliphatic rings. The second-order valence-corrected chi connectivity index (χ2v) is 6.16. The number of carbonyl (C=O) groups is 1. The Morgan fingerprint density at radius 3 is 2.57 bits per heavy atom. The third kappa shape index (κ3) is 4.07. The monoisotopic (exact) mass is 288 g/mol. The Morgan fingerprint density at radius 1 is 1.29 bits per heavy atom. The standard InChI is InChI=1S/C18H28N2O/c1-4-12-20(13-16-10-5-6-11-19-16)18(21)17-14(2)8-7-9-15(17)3/h7-9,16,19H,4-6,10-13H2,1-3H3. The number of piperidine rings is 1. The normalized spacial score (nSPS) is 18.5. The molecule has 1 aliphatic heterocycles. The Morgan fingerprint density at radius 2 is 2.00 bits per heavy atom. The van der Waals surface area contributed by atoms with Crippen LogP contribution >= 0.6 is 0 Å². The Bertz CT molecular complexity index is 458. The summed E-state index contributed by atoms with van der Waals surface area (Å²) >= 11 is 0. The summed E-state index contributed by atoms with van der Waals surface area (Å²) in [4.78, 5) is 15.0. The predicted octanol–water partition coefficient (Wildman–Crippen LogP) is 3.30. The van der Waals surface area contributed by atoms with E-state index in [4.69, 9.17) is 0 Å². The topological polar surface area (TPSA) is 32.3 Å². The molecule has 1 aromatic carbocycles. The summed E-state index contributed by atoms with van der Waals surface area (Å²) in [6, 6.07) is 6.54. The highest BCUT2D eigenvalue weighted by atomic mass is 16.2. The van der Waals surface area contributed by atoms with Crippen molar-refractivity contribution in [3.63, 3.8) is 0 Å². The minimum Gasteiger partial charge on any atom is -0.337 e. The van der Waals surface area contributed by atoms with E-state index in [9.17, 15) is 4.79 Å². The molecule has 1 saturated heterocycles. The highest BCUT2D eigenvalue weighted by molar-refractivity contribution is 5.97. The molecule has 21 heavy (non-hydrogen) atoms. The van der Waals surface area contributed by atoms with E-state index in [1.807, 2.05) is 36.9 Å². The van der Waals surface area contributed by atoms with Gasteiger partial charge in [-0.2, -0.15) is 0 Å². The van der Waals surface area contributed by atoms with Crippen LogP contribution in [-0.2, 0) is 0 Å². The second kappa shape index (κ2) is 7.60. The molecule has 1 aromatic rings. The van der Waals surface area contributed by atoms with Crippen LogP contribution in [0.15, 0.2) is 18.2 Å². The van der Waals surface area contributed by atoms with E-state index >= 15 is 0 Å². The van der Waals surface area contributed by atoms with E-state index in [1.54, 1.807) is 0 Å². The first-order valence-electron chi connectivity index (χ1n) is 8.22. The quantitative estimate of drug-likeness (QED) is 0.901. The van der Waals surface area contributed by atoms with Gasteiger partial charge in [-0.25, -0.2) is 0 Å². The van der Waals surface area contributed by atoms with Crippen LogP contribution in [0.25, 0.3) is 0 Å². The van der Waals surface area contributed by atoms with Gasteiger partial charge in [0, 0.05) is 24.7 Å². The summed E-state index contributed by atoms with van der Waals surface area (Å²) in [7, 11) is 0. The van der Waals surface area contributed by atoms with Gasteiger partial charge in [-0.05, 0) is 50.8 Å². The zero-order valence-electron chi connectivity index (χ0n) is 13.6. The number of carbonyl (C=O) groups excluding carboxylic acids is 1. The Labute approximate surface area is 128 Å². The molecular formula is C18H28N2O. The van der Waals surface area contributed by atoms with Crippen LogP contribution in [0.4, 0.5) is 0 Å². The first kappa shape index (κ1) is 16.0. The Kier molecular flexibility index (Phi) is 5.80. The lowest BCUT2D eigenvalue weighted by Gasteiger charge is -2.31. The van der Waals surface area contributed by atoms with Crippen molar-refractivity contribution in [2.75, 3.05) is 19.6 Å². The maximum absolute atomic E-state index is 12.9. The van der Waals surface area contributed by atoms with Gasteiger partial charge >= 0.3 is 0 Å². The zero-order valence-corrected chi connectivity index (χ0v) is 13.6. The molecule has 0 bridgehead atoms. The highest BCUT2D eigenvalue weighted by Crippen LogP contribution is 2.17. The Hall–Kier alpha value is -1.35. The van der Waals surface area contributed by atoms with Gasteiger partial charge in [0.1, 0.15) is 0 Å². The molecule has 1 heterocycles. The summed E-state index contributed by atoms with van der Waals surface area (Å²) in [6.07, 6.45) is 4.72. The van der Waals surface area contributed by atoms with Crippen molar-refractivity contribution in [1.29, 1.82) is 0 Å². The van der Waals surface area contributed by atoms with E-state index in [-0.39, 0.29) is 5.91 Å². The van der Waals surface area contributed by atoms with Crippen LogP contribution in [0.3, 0.4) is 0 Å². The molecule has 3 heteroatoms. The van der Waals surface area contributed by atoms with Gasteiger partial charge < -0.3 is 10.2 Å². The lowest BCUT2D eigenvalue weighted by Crippen LogP contribution is -2.46. The minimum absolute atomic E-state index is 0.194. The molecule has 0 radical (unpaired) electrons. The number of aryl methyl sites for hydroxylation is 2. The molecule has 0 spiro atoms. The van der Waals surface area contributed by atoms with Crippen LogP contribution in [-0.4, -0.2) is 36.5 Å². The molecule has 1 N–H and O–H groups in total. The number of hydrogen-bond acceptors (Lipinski definition) is 2. The van der Waals surface area contributed by atoms with Gasteiger partial charge in [0.15, 0.2) is 0 Å². The summed E-state index contributed by atoms with van der Waals surface area (Å²) in [5.41, 5.74) is 3.05. The van der Waals surface area contributed by atoms with E-state index in [1.165, 1.54) is 19.3 Å². The van der Waals surface area contributed by atoms with Crippen molar-refractivity contribution < 1.29 is 4.79 Å². The summed E-state index contributed by atoms with van der Waals surface area (Å²) in [5.74, 6) is 0.194. The minimum atomic E-state index is 0.194. The molecule has 3 nitrogen and oxygen atoms in total. The fourth-order valence-corrected chi connectivity index (χ4v) is 3.20. The number of rotatable bonds is 5. The van der Waals surface area contributed by atoms with Crippen LogP contribution in [0.5, 0.6) is 0 Å². The molecule has 0 aromatic heterocycles. The number of nitrogens with zero attached hydrogens (tertiary/aromatic N) is 1. The predicted molar refractivity (Wildman–Crippen MR) is 87.8 cm³/mol. The van der Waals surface area contributed by atoms with Crippen molar-refractivity contribution in [2.24, 2.45) is 0 Å². The second-order valence-electron chi connectivity index (χ2n) is 6.16. The maximum atomic E-state index is 12.9. The fraction of sp³-hybridized carbons (Fsp3) is 0.611. The summed E-state index contributed by atoms with van der Waals surface area (Å²) in [6.45, 7) is 8.96. The first-order chi connectivity index (χ1) is 10.1. The SMILES string of the molecule is CCCN(CC1CCCCN1)C(=O)c1c(C)cccc1C. The van der Waals surface area contributed by atoms with E-state index in [0.29, 0.717) is 6.04 Å². The van der Waals surface area contributed by atoms with Crippen molar-refractivity contribution in [3.8, 4) is 0 Å². The smallest absolute Gasteiger partial charge is 0.254 e. The number of nitrogens with one attached hydrogen (secondary N) is 1. The van der Waals surface area contributed by atoms with Crippen LogP contribution < -0.4 is 5.32 Å². The van der Waals surface area contributed by atoms with Gasteiger partial charge in [0.25, 0.3) is 5.91 Å². The third-order valence-corrected chi connectivity index (χ3v) is 4.33. The molecule has 1 amide bonds. The van der Waals surface area contributed by atoms with Crippen LogP contribution in [0.1, 0.15) is 54.1 Å². The largest absolute Gasteiger partial charge is 0.337 e. The summed E-state index contributed by atoms with van der Waals surface area (Å²) in [5, 5.41) is 3.55. The fourth-order valence-electron chi connectivity index (χ4n) is 3.20. The molecule has 116 valence electrons. The molecule has 0 saturated carbocycles. The van der Waals surface area contributed by atoms with E-state index < -0.39 is 0 Å². The third-order valence-electron chi connectivity index (χ3n) is 4.33. The van der Waals surface area contributed by atoms with Crippen molar-refractivity contribution >= 4 is 5.91 Å². The highest BCUT2D eigenvalue weighted by Gasteiger charge is 2.23. The number of hydrogen-bond donors (Lipinski definition) is 1. The van der Waals surface area contributed by atoms with E-state index in [2.05, 4.69) is 12.2 Å². The van der Waals surface area contributed by atoms with Crippen LogP contribution in [0, 0.1) is 13.8 Å². The lowest BCUT2D eigenvalue weighted by atomic mass is 10.00. The first-order valence-corrected chi connectivity index (χ1v) is 8.22. The molecule has 1 atom stereocenters. The lowest BCUT2D eigenvalue weighted by molar-refractivity contribution is 0.0730. The van der Waals surface area contributed by atoms with Gasteiger partial charge in [-0.15, -0.1) is 0 Å². The summed E-state index contributed by atoms with van der Waals surface area (Å²) < 4.78 is 0. The Balaban J connectivity index is 2.14. The zero-order chi connectivity index (χ0) is 15.2. The average Bonchev–Trinajstić information content (AvgIpc) is 2.47.